The summed E-state index contributed by atoms with van der Waals surface area (Å²) >= 11 is 0. The molecule has 0 radical (unpaired) electrons. The zero-order valence-electron chi connectivity index (χ0n) is 19.2. The smallest absolute Gasteiger partial charge is 0.257 e. The lowest BCUT2D eigenvalue weighted by Crippen LogP contribution is -2.51. The van der Waals surface area contributed by atoms with Crippen molar-refractivity contribution in [3.05, 3.63) is 89.2 Å². The summed E-state index contributed by atoms with van der Waals surface area (Å²) in [6, 6.07) is 21.5. The fourth-order valence-electron chi connectivity index (χ4n) is 5.42. The highest BCUT2D eigenvalue weighted by Crippen LogP contribution is 2.44. The molecule has 1 N–H and O–H groups in total. The van der Waals surface area contributed by atoms with Gasteiger partial charge in [-0.15, -0.1) is 0 Å². The van der Waals surface area contributed by atoms with Crippen molar-refractivity contribution in [2.75, 3.05) is 23.8 Å². The number of aromatic nitrogens is 2. The number of carbonyl (C=O) groups excluding carboxylic acids is 2. The Morgan fingerprint density at radius 2 is 1.85 bits per heavy atom. The van der Waals surface area contributed by atoms with Crippen LogP contribution < -0.4 is 10.2 Å². The predicted octanol–water partition coefficient (Wildman–Crippen LogP) is 4.13. The first kappa shape index (κ1) is 20.5. The van der Waals surface area contributed by atoms with Gasteiger partial charge in [-0.25, -0.2) is 4.98 Å². The summed E-state index contributed by atoms with van der Waals surface area (Å²) in [6.45, 7) is 2.68. The summed E-state index contributed by atoms with van der Waals surface area (Å²) in [7, 11) is 2.02. The van der Waals surface area contributed by atoms with E-state index in [4.69, 9.17) is 0 Å². The Bertz CT molecular complexity index is 1460. The SMILES string of the molecule is Cc1cccc(NC(=O)Cn2c3c(c4ccccc42)CCN2C(=O)c4ccccc4N(C)[C@@H]32)n1. The lowest BCUT2D eigenvalue weighted by atomic mass is 9.96. The van der Waals surface area contributed by atoms with Crippen LogP contribution in [0.4, 0.5) is 11.5 Å². The molecule has 6 rings (SSSR count). The van der Waals surface area contributed by atoms with Crippen LogP contribution in [0, 0.1) is 6.92 Å². The summed E-state index contributed by atoms with van der Waals surface area (Å²) in [5.74, 6) is 0.425. The number of carbonyl (C=O) groups is 2. The molecule has 7 nitrogen and oxygen atoms in total. The van der Waals surface area contributed by atoms with Crippen molar-refractivity contribution in [3.8, 4) is 0 Å². The van der Waals surface area contributed by atoms with E-state index in [1.54, 1.807) is 6.07 Å². The number of nitrogens with one attached hydrogen (secondary N) is 1. The van der Waals surface area contributed by atoms with E-state index in [0.29, 0.717) is 12.4 Å². The third-order valence-electron chi connectivity index (χ3n) is 6.86. The highest BCUT2D eigenvalue weighted by molar-refractivity contribution is 6.03. The minimum atomic E-state index is -0.275. The quantitative estimate of drug-likeness (QED) is 0.509. The molecule has 0 aliphatic carbocycles. The number of fused-ring (bicyclic) bond motifs is 6. The van der Waals surface area contributed by atoms with Crippen LogP contribution in [-0.2, 0) is 17.8 Å². The Labute approximate surface area is 197 Å². The van der Waals surface area contributed by atoms with Crippen LogP contribution in [0.25, 0.3) is 10.9 Å². The molecule has 170 valence electrons. The van der Waals surface area contributed by atoms with E-state index in [1.807, 2.05) is 67.4 Å². The second-order valence-corrected chi connectivity index (χ2v) is 8.93. The third-order valence-corrected chi connectivity index (χ3v) is 6.86. The number of para-hydroxylation sites is 2. The van der Waals surface area contributed by atoms with Gasteiger partial charge in [0.05, 0.1) is 16.9 Å². The van der Waals surface area contributed by atoms with E-state index in [-0.39, 0.29) is 24.5 Å². The molecule has 2 aromatic heterocycles. The first-order valence-electron chi connectivity index (χ1n) is 11.5. The molecule has 0 unspecified atom stereocenters. The van der Waals surface area contributed by atoms with Gasteiger partial charge in [0.15, 0.2) is 0 Å². The number of anilines is 2. The minimum absolute atomic E-state index is 0.0366. The van der Waals surface area contributed by atoms with E-state index >= 15 is 0 Å². The number of benzene rings is 2. The monoisotopic (exact) mass is 451 g/mol. The van der Waals surface area contributed by atoms with Gasteiger partial charge in [0.2, 0.25) is 5.91 Å². The van der Waals surface area contributed by atoms with Crippen molar-refractivity contribution in [2.24, 2.45) is 0 Å². The van der Waals surface area contributed by atoms with E-state index in [9.17, 15) is 9.59 Å². The molecule has 2 amide bonds. The summed E-state index contributed by atoms with van der Waals surface area (Å²) in [5.41, 5.74) is 5.68. The summed E-state index contributed by atoms with van der Waals surface area (Å²) in [6.07, 6.45) is 0.478. The maximum Gasteiger partial charge on any atom is 0.257 e. The molecule has 4 heterocycles. The number of aryl methyl sites for hydroxylation is 1. The van der Waals surface area contributed by atoms with Crippen LogP contribution in [0.15, 0.2) is 66.7 Å². The van der Waals surface area contributed by atoms with Crippen LogP contribution in [0.2, 0.25) is 0 Å². The van der Waals surface area contributed by atoms with E-state index in [2.05, 4.69) is 31.9 Å². The third kappa shape index (κ3) is 3.08. The Hall–Kier alpha value is -4.13. The normalized spacial score (nSPS) is 16.8. The van der Waals surface area contributed by atoms with Gasteiger partial charge in [0.25, 0.3) is 5.91 Å². The highest BCUT2D eigenvalue weighted by atomic mass is 16.2. The molecule has 0 bridgehead atoms. The fraction of sp³-hybridized carbons (Fsp3) is 0.222. The number of rotatable bonds is 3. The van der Waals surface area contributed by atoms with Crippen molar-refractivity contribution in [3.63, 3.8) is 0 Å². The molecule has 1 atom stereocenters. The zero-order chi connectivity index (χ0) is 23.4. The molecule has 0 spiro atoms. The summed E-state index contributed by atoms with van der Waals surface area (Å²) in [5, 5.41) is 4.07. The summed E-state index contributed by atoms with van der Waals surface area (Å²) in [4.78, 5) is 35.1. The number of pyridine rings is 1. The average Bonchev–Trinajstić information content (AvgIpc) is 3.16. The Kier molecular flexibility index (Phi) is 4.65. The molecule has 34 heavy (non-hydrogen) atoms. The van der Waals surface area contributed by atoms with Crippen molar-refractivity contribution >= 4 is 34.2 Å². The highest BCUT2D eigenvalue weighted by Gasteiger charge is 2.42. The standard InChI is InChI=1S/C27H25N5O2/c1-17-8-7-13-23(28-17)29-24(33)16-32-22-12-6-3-9-18(22)19-14-15-31-26(25(19)32)30(2)21-11-5-4-10-20(21)27(31)34/h3-13,26H,14-16H2,1-2H3,(H,28,29,33)/t26-/m1/s1. The Morgan fingerprint density at radius 3 is 2.71 bits per heavy atom. The molecule has 2 aliphatic rings. The summed E-state index contributed by atoms with van der Waals surface area (Å²) < 4.78 is 2.07. The first-order chi connectivity index (χ1) is 16.5. The molecule has 0 fully saturated rings. The topological polar surface area (TPSA) is 70.5 Å². The number of amides is 2. The fourth-order valence-corrected chi connectivity index (χ4v) is 5.42. The largest absolute Gasteiger partial charge is 0.349 e. The van der Waals surface area contributed by atoms with Crippen LogP contribution in [0.3, 0.4) is 0 Å². The van der Waals surface area contributed by atoms with Crippen molar-refractivity contribution in [2.45, 2.75) is 26.1 Å². The van der Waals surface area contributed by atoms with E-state index < -0.39 is 0 Å². The zero-order valence-corrected chi connectivity index (χ0v) is 19.2. The van der Waals surface area contributed by atoms with E-state index in [0.717, 1.165) is 40.0 Å². The van der Waals surface area contributed by atoms with Crippen LogP contribution in [0.5, 0.6) is 0 Å². The second kappa shape index (κ2) is 7.73. The van der Waals surface area contributed by atoms with Crippen molar-refractivity contribution in [1.29, 1.82) is 0 Å². The molecule has 0 saturated carbocycles. The maximum absolute atomic E-state index is 13.4. The van der Waals surface area contributed by atoms with E-state index in [1.165, 1.54) is 5.56 Å². The van der Waals surface area contributed by atoms with Crippen LogP contribution in [0.1, 0.15) is 33.5 Å². The molecular weight excluding hydrogens is 426 g/mol. The lowest BCUT2D eigenvalue weighted by Gasteiger charge is -2.46. The second-order valence-electron chi connectivity index (χ2n) is 8.93. The number of hydrogen-bond donors (Lipinski definition) is 1. The van der Waals surface area contributed by atoms with Gasteiger partial charge in [-0.05, 0) is 49.2 Å². The van der Waals surface area contributed by atoms with Crippen LogP contribution in [-0.4, -0.2) is 39.9 Å². The van der Waals surface area contributed by atoms with Gasteiger partial charge < -0.3 is 19.7 Å². The van der Waals surface area contributed by atoms with Gasteiger partial charge in [0.1, 0.15) is 18.5 Å². The Morgan fingerprint density at radius 1 is 1.06 bits per heavy atom. The number of nitrogens with zero attached hydrogens (tertiary/aromatic N) is 4. The maximum atomic E-state index is 13.4. The van der Waals surface area contributed by atoms with Gasteiger partial charge in [-0.1, -0.05) is 36.4 Å². The molecule has 2 aliphatic heterocycles. The molecule has 2 aromatic carbocycles. The van der Waals surface area contributed by atoms with Gasteiger partial charge >= 0.3 is 0 Å². The number of hydrogen-bond acceptors (Lipinski definition) is 4. The molecular formula is C27H25N5O2. The molecule has 7 heteroatoms. The average molecular weight is 452 g/mol. The predicted molar refractivity (Wildman–Crippen MR) is 132 cm³/mol. The van der Waals surface area contributed by atoms with Crippen molar-refractivity contribution in [1.82, 2.24) is 14.5 Å². The van der Waals surface area contributed by atoms with Crippen molar-refractivity contribution < 1.29 is 9.59 Å². The van der Waals surface area contributed by atoms with Crippen LogP contribution >= 0.6 is 0 Å². The first-order valence-corrected chi connectivity index (χ1v) is 11.5. The van der Waals surface area contributed by atoms with Gasteiger partial charge in [-0.2, -0.15) is 0 Å². The molecule has 0 saturated heterocycles. The van der Waals surface area contributed by atoms with Gasteiger partial charge in [-0.3, -0.25) is 9.59 Å². The minimum Gasteiger partial charge on any atom is -0.349 e. The van der Waals surface area contributed by atoms with Gasteiger partial charge in [0, 0.05) is 30.2 Å². The Balaban J connectivity index is 1.46. The molecule has 4 aromatic rings. The lowest BCUT2D eigenvalue weighted by molar-refractivity contribution is -0.116.